The molecule has 2 heterocycles. The van der Waals surface area contributed by atoms with Crippen LogP contribution >= 0.6 is 23.2 Å². The van der Waals surface area contributed by atoms with E-state index in [9.17, 15) is 18.4 Å². The summed E-state index contributed by atoms with van der Waals surface area (Å²) < 4.78 is 40.0. The highest BCUT2D eigenvalue weighted by Gasteiger charge is 2.31. The average molecular weight is 491 g/mol. The zero-order valence-electron chi connectivity index (χ0n) is 17.6. The van der Waals surface area contributed by atoms with E-state index in [1.54, 1.807) is 30.3 Å². The van der Waals surface area contributed by atoms with Gasteiger partial charge < -0.3 is 9.80 Å². The molecule has 4 nitrogen and oxygen atoms in total. The maximum Gasteiger partial charge on any atom is 0.416 e. The second-order valence-electron chi connectivity index (χ2n) is 7.86. The first kappa shape index (κ1) is 23.4. The Hall–Kier alpha value is -2.79. The molecular weight excluding hydrogens is 472 g/mol. The molecule has 0 saturated carbocycles. The molecule has 0 amide bonds. The van der Waals surface area contributed by atoms with Crippen LogP contribution in [0.4, 0.5) is 19.0 Å². The number of hydrogen-bond acceptors (Lipinski definition) is 4. The summed E-state index contributed by atoms with van der Waals surface area (Å²) in [5, 5.41) is 10.8. The molecule has 1 aliphatic rings. The number of piperazine rings is 1. The number of aromatic nitrogens is 1. The lowest BCUT2D eigenvalue weighted by Crippen LogP contribution is -2.45. The van der Waals surface area contributed by atoms with Gasteiger partial charge in [0.25, 0.3) is 0 Å². The fourth-order valence-corrected chi connectivity index (χ4v) is 4.32. The van der Waals surface area contributed by atoms with Gasteiger partial charge >= 0.3 is 6.18 Å². The molecule has 0 radical (unpaired) electrons. The molecule has 0 bridgehead atoms. The number of nitriles is 1. The van der Waals surface area contributed by atoms with Crippen molar-refractivity contribution in [1.82, 2.24) is 9.88 Å². The minimum Gasteiger partial charge on any atom is -0.353 e. The maximum atomic E-state index is 13.3. The summed E-state index contributed by atoms with van der Waals surface area (Å²) in [6.07, 6.45) is -4.48. The van der Waals surface area contributed by atoms with Gasteiger partial charge in [0.05, 0.1) is 11.3 Å². The molecule has 0 N–H and O–H groups in total. The largest absolute Gasteiger partial charge is 0.416 e. The van der Waals surface area contributed by atoms with Gasteiger partial charge in [0, 0.05) is 52.9 Å². The maximum absolute atomic E-state index is 13.3. The molecule has 2 aromatic carbocycles. The average Bonchev–Trinajstić information content (AvgIpc) is 2.78. The number of pyridine rings is 1. The van der Waals surface area contributed by atoms with Crippen LogP contribution in [-0.2, 0) is 6.18 Å². The lowest BCUT2D eigenvalue weighted by Gasteiger charge is -2.34. The monoisotopic (exact) mass is 490 g/mol. The third-order valence-corrected chi connectivity index (χ3v) is 6.17. The normalized spacial score (nSPS) is 14.9. The summed E-state index contributed by atoms with van der Waals surface area (Å²) >= 11 is 12.5. The van der Waals surface area contributed by atoms with E-state index in [0.717, 1.165) is 25.2 Å². The second-order valence-corrected chi connectivity index (χ2v) is 8.70. The van der Waals surface area contributed by atoms with Crippen molar-refractivity contribution in [2.45, 2.75) is 6.18 Å². The van der Waals surface area contributed by atoms with Crippen molar-refractivity contribution in [2.24, 2.45) is 0 Å². The Morgan fingerprint density at radius 1 is 0.970 bits per heavy atom. The Balaban J connectivity index is 1.94. The predicted molar refractivity (Wildman–Crippen MR) is 125 cm³/mol. The van der Waals surface area contributed by atoms with E-state index in [1.165, 1.54) is 6.07 Å². The molecule has 0 aliphatic carbocycles. The topological polar surface area (TPSA) is 43.2 Å². The van der Waals surface area contributed by atoms with Crippen LogP contribution in [0.2, 0.25) is 10.0 Å². The van der Waals surface area contributed by atoms with Crippen LogP contribution < -0.4 is 4.90 Å². The van der Waals surface area contributed by atoms with E-state index in [1.807, 2.05) is 11.9 Å². The van der Waals surface area contributed by atoms with Crippen molar-refractivity contribution >= 4 is 29.0 Å². The van der Waals surface area contributed by atoms with Crippen molar-refractivity contribution in [3.8, 4) is 28.5 Å². The number of benzene rings is 2. The Labute approximate surface area is 199 Å². The fraction of sp³-hybridized carbons (Fsp3) is 0.250. The molecule has 1 fully saturated rings. The van der Waals surface area contributed by atoms with Gasteiger partial charge in [-0.2, -0.15) is 18.4 Å². The summed E-state index contributed by atoms with van der Waals surface area (Å²) in [6, 6.07) is 13.8. The van der Waals surface area contributed by atoms with Crippen LogP contribution in [0, 0.1) is 11.3 Å². The smallest absolute Gasteiger partial charge is 0.353 e. The van der Waals surface area contributed by atoms with Crippen LogP contribution in [0.15, 0.2) is 48.5 Å². The summed E-state index contributed by atoms with van der Waals surface area (Å²) in [5.41, 5.74) is 1.24. The Morgan fingerprint density at radius 3 is 2.33 bits per heavy atom. The fourth-order valence-electron chi connectivity index (χ4n) is 3.81. The molecule has 1 aliphatic heterocycles. The first-order valence-corrected chi connectivity index (χ1v) is 10.9. The number of anilines is 1. The van der Waals surface area contributed by atoms with Gasteiger partial charge in [0.15, 0.2) is 0 Å². The van der Waals surface area contributed by atoms with E-state index in [-0.39, 0.29) is 0 Å². The Kier molecular flexibility index (Phi) is 6.53. The number of hydrogen-bond donors (Lipinski definition) is 0. The van der Waals surface area contributed by atoms with Gasteiger partial charge in [-0.15, -0.1) is 0 Å². The lowest BCUT2D eigenvalue weighted by molar-refractivity contribution is -0.137. The van der Waals surface area contributed by atoms with Crippen molar-refractivity contribution in [1.29, 1.82) is 5.26 Å². The van der Waals surface area contributed by atoms with E-state index < -0.39 is 11.7 Å². The number of nitrogens with zero attached hydrogens (tertiary/aromatic N) is 4. The van der Waals surface area contributed by atoms with Crippen LogP contribution in [-0.4, -0.2) is 43.1 Å². The molecule has 170 valence electrons. The number of halogens is 5. The van der Waals surface area contributed by atoms with Crippen LogP contribution in [0.5, 0.6) is 0 Å². The van der Waals surface area contributed by atoms with Gasteiger partial charge in [-0.3, -0.25) is 0 Å². The highest BCUT2D eigenvalue weighted by atomic mass is 35.5. The summed E-state index contributed by atoms with van der Waals surface area (Å²) in [7, 11) is 2.01. The van der Waals surface area contributed by atoms with Gasteiger partial charge in [0.1, 0.15) is 17.5 Å². The number of alkyl halides is 3. The van der Waals surface area contributed by atoms with E-state index in [4.69, 9.17) is 23.2 Å². The zero-order chi connectivity index (χ0) is 23.8. The van der Waals surface area contributed by atoms with Crippen molar-refractivity contribution < 1.29 is 13.2 Å². The van der Waals surface area contributed by atoms with Gasteiger partial charge in [0.2, 0.25) is 0 Å². The predicted octanol–water partition coefficient (Wildman–Crippen LogP) is 6.36. The molecule has 1 saturated heterocycles. The summed E-state index contributed by atoms with van der Waals surface area (Å²) in [4.78, 5) is 8.82. The first-order chi connectivity index (χ1) is 15.7. The molecule has 3 aromatic rings. The summed E-state index contributed by atoms with van der Waals surface area (Å²) in [5.74, 6) is 0.432. The molecule has 0 unspecified atom stereocenters. The minimum atomic E-state index is -4.48. The van der Waals surface area contributed by atoms with E-state index in [0.29, 0.717) is 56.9 Å². The minimum absolute atomic E-state index is 0.302. The van der Waals surface area contributed by atoms with Gasteiger partial charge in [-0.25, -0.2) is 4.98 Å². The van der Waals surface area contributed by atoms with E-state index in [2.05, 4.69) is 16.0 Å². The third kappa shape index (κ3) is 4.93. The molecular formula is C24H19Cl2F3N4. The Morgan fingerprint density at radius 2 is 1.70 bits per heavy atom. The Bertz CT molecular complexity index is 1230. The summed E-state index contributed by atoms with van der Waals surface area (Å²) in [6.45, 7) is 2.82. The highest BCUT2D eigenvalue weighted by Crippen LogP contribution is 2.39. The lowest BCUT2D eigenvalue weighted by atomic mass is 9.97. The molecule has 33 heavy (non-hydrogen) atoms. The van der Waals surface area contributed by atoms with E-state index >= 15 is 0 Å². The third-order valence-electron chi connectivity index (χ3n) is 5.62. The zero-order valence-corrected chi connectivity index (χ0v) is 19.1. The standard InChI is InChI=1S/C24H19Cl2F3N4/c1-32-7-9-33(10-8-32)23-20(14-30)19(18-6-5-17(25)12-21(18)26)13-22(31-23)15-3-2-4-16(11-15)24(27,28)29/h2-6,11-13H,7-10H2,1H3. The van der Waals surface area contributed by atoms with Crippen LogP contribution in [0.1, 0.15) is 11.1 Å². The van der Waals surface area contributed by atoms with Gasteiger partial charge in [-0.1, -0.05) is 41.4 Å². The molecule has 9 heteroatoms. The van der Waals surface area contributed by atoms with Crippen molar-refractivity contribution in [2.75, 3.05) is 38.1 Å². The van der Waals surface area contributed by atoms with Crippen molar-refractivity contribution in [3.63, 3.8) is 0 Å². The highest BCUT2D eigenvalue weighted by molar-refractivity contribution is 6.36. The quantitative estimate of drug-likeness (QED) is 0.428. The van der Waals surface area contributed by atoms with Crippen molar-refractivity contribution in [3.05, 3.63) is 69.7 Å². The number of likely N-dealkylation sites (N-methyl/N-ethyl adjacent to an activating group) is 1. The molecule has 1 aromatic heterocycles. The molecule has 0 atom stereocenters. The van der Waals surface area contributed by atoms with Crippen LogP contribution in [0.25, 0.3) is 22.4 Å². The first-order valence-electron chi connectivity index (χ1n) is 10.2. The SMILES string of the molecule is CN1CCN(c2nc(-c3cccc(C(F)(F)F)c3)cc(-c3ccc(Cl)cc3Cl)c2C#N)CC1. The number of rotatable bonds is 3. The molecule has 4 rings (SSSR count). The van der Waals surface area contributed by atoms with Crippen LogP contribution in [0.3, 0.4) is 0 Å². The van der Waals surface area contributed by atoms with Gasteiger partial charge in [-0.05, 0) is 37.4 Å². The molecule has 0 spiro atoms. The second kappa shape index (κ2) is 9.22.